The monoisotopic (exact) mass is 511 g/mol. The lowest BCUT2D eigenvalue weighted by Gasteiger charge is -2.09. The maximum Gasteiger partial charge on any atom is 0.373 e. The van der Waals surface area contributed by atoms with Crippen molar-refractivity contribution in [2.75, 3.05) is 7.11 Å². The number of esters is 1. The van der Waals surface area contributed by atoms with E-state index >= 15 is 0 Å². The SMILES string of the molecule is COC(=O)c1ccc(CN2C(=O)N/C(=C\c3ccc(OCc4ccccc4Cl)c([N+](=O)[O-])c3)C2=O)o1. The fourth-order valence-electron chi connectivity index (χ4n) is 3.37. The van der Waals surface area contributed by atoms with Crippen molar-refractivity contribution in [3.8, 4) is 5.75 Å². The Morgan fingerprint density at radius 3 is 2.69 bits per heavy atom. The van der Waals surface area contributed by atoms with Gasteiger partial charge >= 0.3 is 17.7 Å². The lowest BCUT2D eigenvalue weighted by molar-refractivity contribution is -0.386. The number of nitro benzene ring substituents is 1. The van der Waals surface area contributed by atoms with E-state index in [9.17, 15) is 24.5 Å². The van der Waals surface area contributed by atoms with Gasteiger partial charge in [0, 0.05) is 16.7 Å². The fourth-order valence-corrected chi connectivity index (χ4v) is 3.56. The van der Waals surface area contributed by atoms with Crippen LogP contribution in [0.5, 0.6) is 5.75 Å². The average Bonchev–Trinajstić information content (AvgIpc) is 3.44. The molecule has 1 saturated heterocycles. The van der Waals surface area contributed by atoms with E-state index in [0.29, 0.717) is 16.1 Å². The third kappa shape index (κ3) is 5.20. The molecule has 184 valence electrons. The topological polar surface area (TPSA) is 141 Å². The number of nitro groups is 1. The number of halogens is 1. The van der Waals surface area contributed by atoms with Crippen LogP contribution in [0.15, 0.2) is 64.7 Å². The molecule has 0 aliphatic carbocycles. The number of amides is 3. The van der Waals surface area contributed by atoms with Crippen LogP contribution in [0, 0.1) is 10.1 Å². The summed E-state index contributed by atoms with van der Waals surface area (Å²) in [4.78, 5) is 48.5. The third-order valence-electron chi connectivity index (χ3n) is 5.16. The number of ether oxygens (including phenoxy) is 2. The number of benzene rings is 2. The van der Waals surface area contributed by atoms with Crippen molar-refractivity contribution in [1.29, 1.82) is 0 Å². The lowest BCUT2D eigenvalue weighted by atomic mass is 10.1. The second-order valence-electron chi connectivity index (χ2n) is 7.50. The quantitative estimate of drug-likeness (QED) is 0.155. The highest BCUT2D eigenvalue weighted by Gasteiger charge is 2.34. The van der Waals surface area contributed by atoms with Crippen molar-refractivity contribution in [2.45, 2.75) is 13.2 Å². The summed E-state index contributed by atoms with van der Waals surface area (Å²) in [6.07, 6.45) is 1.31. The van der Waals surface area contributed by atoms with Crippen LogP contribution in [-0.2, 0) is 22.7 Å². The van der Waals surface area contributed by atoms with Crippen LogP contribution in [0.25, 0.3) is 6.08 Å². The molecular weight excluding hydrogens is 494 g/mol. The Kier molecular flexibility index (Phi) is 7.02. The van der Waals surface area contributed by atoms with E-state index in [-0.39, 0.29) is 41.8 Å². The minimum atomic E-state index is -0.712. The van der Waals surface area contributed by atoms with Crippen molar-refractivity contribution in [3.05, 3.63) is 98.1 Å². The van der Waals surface area contributed by atoms with Gasteiger partial charge in [-0.3, -0.25) is 19.8 Å². The Labute approximate surface area is 209 Å². The number of nitrogens with one attached hydrogen (secondary N) is 1. The van der Waals surface area contributed by atoms with Crippen LogP contribution in [-0.4, -0.2) is 34.8 Å². The van der Waals surface area contributed by atoms with Gasteiger partial charge in [-0.05, 0) is 35.9 Å². The first kappa shape index (κ1) is 24.5. The molecule has 1 aliphatic rings. The van der Waals surface area contributed by atoms with Crippen LogP contribution in [0.4, 0.5) is 10.5 Å². The fraction of sp³-hybridized carbons (Fsp3) is 0.125. The molecule has 11 nitrogen and oxygen atoms in total. The van der Waals surface area contributed by atoms with Gasteiger partial charge in [0.1, 0.15) is 18.1 Å². The first-order valence-corrected chi connectivity index (χ1v) is 10.8. The lowest BCUT2D eigenvalue weighted by Crippen LogP contribution is -2.30. The molecule has 3 amide bonds. The average molecular weight is 512 g/mol. The van der Waals surface area contributed by atoms with Crippen molar-refractivity contribution in [3.63, 3.8) is 0 Å². The molecule has 0 unspecified atom stereocenters. The molecule has 4 rings (SSSR count). The molecule has 1 aliphatic heterocycles. The summed E-state index contributed by atoms with van der Waals surface area (Å²) in [5.74, 6) is -1.22. The number of hydrogen-bond donors (Lipinski definition) is 1. The highest BCUT2D eigenvalue weighted by Crippen LogP contribution is 2.31. The van der Waals surface area contributed by atoms with E-state index in [1.807, 2.05) is 0 Å². The molecule has 1 fully saturated rings. The van der Waals surface area contributed by atoms with Gasteiger partial charge in [-0.25, -0.2) is 9.59 Å². The summed E-state index contributed by atoms with van der Waals surface area (Å²) in [6, 6.07) is 13.2. The minimum absolute atomic E-state index is 0.0182. The maximum atomic E-state index is 12.8. The molecule has 0 radical (unpaired) electrons. The van der Waals surface area contributed by atoms with Gasteiger partial charge in [0.2, 0.25) is 5.76 Å². The first-order valence-electron chi connectivity index (χ1n) is 10.4. The second-order valence-corrected chi connectivity index (χ2v) is 7.91. The van der Waals surface area contributed by atoms with E-state index in [1.54, 1.807) is 24.3 Å². The van der Waals surface area contributed by atoms with E-state index in [4.69, 9.17) is 20.8 Å². The number of furan rings is 1. The Morgan fingerprint density at radius 2 is 1.97 bits per heavy atom. The molecule has 2 heterocycles. The minimum Gasteiger partial charge on any atom is -0.482 e. The molecule has 1 N–H and O–H groups in total. The van der Waals surface area contributed by atoms with Crippen LogP contribution in [0.3, 0.4) is 0 Å². The van der Waals surface area contributed by atoms with Crippen LogP contribution >= 0.6 is 11.6 Å². The summed E-state index contributed by atoms with van der Waals surface area (Å²) in [6.45, 7) is -0.205. The van der Waals surface area contributed by atoms with Crippen LogP contribution in [0.2, 0.25) is 5.02 Å². The molecular formula is C24H18ClN3O8. The molecule has 2 aromatic carbocycles. The number of methoxy groups -OCH3 is 1. The zero-order chi connectivity index (χ0) is 25.8. The number of urea groups is 1. The third-order valence-corrected chi connectivity index (χ3v) is 5.52. The molecule has 36 heavy (non-hydrogen) atoms. The number of carbonyl (C=O) groups excluding carboxylic acids is 3. The highest BCUT2D eigenvalue weighted by atomic mass is 35.5. The Bertz CT molecular complexity index is 1400. The number of nitrogens with zero attached hydrogens (tertiary/aromatic N) is 2. The van der Waals surface area contributed by atoms with Crippen molar-refractivity contribution >= 4 is 41.3 Å². The number of carbonyl (C=O) groups is 3. The maximum absolute atomic E-state index is 12.8. The second kappa shape index (κ2) is 10.3. The molecule has 3 aromatic rings. The van der Waals surface area contributed by atoms with Gasteiger partial charge in [-0.1, -0.05) is 35.9 Å². The Morgan fingerprint density at radius 1 is 1.19 bits per heavy atom. The van der Waals surface area contributed by atoms with E-state index in [0.717, 1.165) is 4.90 Å². The number of hydrogen-bond acceptors (Lipinski definition) is 8. The highest BCUT2D eigenvalue weighted by molar-refractivity contribution is 6.31. The van der Waals surface area contributed by atoms with Gasteiger partial charge in [0.15, 0.2) is 5.75 Å². The predicted octanol–water partition coefficient (Wildman–Crippen LogP) is 4.30. The molecule has 0 bridgehead atoms. The molecule has 12 heteroatoms. The normalized spacial score (nSPS) is 14.2. The molecule has 0 spiro atoms. The zero-order valence-corrected chi connectivity index (χ0v) is 19.5. The Balaban J connectivity index is 1.51. The smallest absolute Gasteiger partial charge is 0.373 e. The first-order chi connectivity index (χ1) is 17.3. The number of imide groups is 1. The van der Waals surface area contributed by atoms with Crippen LogP contribution in [0.1, 0.15) is 27.4 Å². The summed E-state index contributed by atoms with van der Waals surface area (Å²) in [5.41, 5.74) is 0.548. The summed E-state index contributed by atoms with van der Waals surface area (Å²) in [7, 11) is 1.20. The van der Waals surface area contributed by atoms with Crippen molar-refractivity contribution < 1.29 is 33.2 Å². The Hall–Kier alpha value is -4.64. The summed E-state index contributed by atoms with van der Waals surface area (Å²) >= 11 is 6.10. The zero-order valence-electron chi connectivity index (χ0n) is 18.7. The number of rotatable bonds is 8. The largest absolute Gasteiger partial charge is 0.482 e. The van der Waals surface area contributed by atoms with E-state index in [1.165, 1.54) is 43.5 Å². The van der Waals surface area contributed by atoms with E-state index < -0.39 is 22.8 Å². The van der Waals surface area contributed by atoms with Crippen LogP contribution < -0.4 is 10.1 Å². The molecule has 1 aromatic heterocycles. The molecule has 0 saturated carbocycles. The van der Waals surface area contributed by atoms with Gasteiger partial charge in [0.05, 0.1) is 18.6 Å². The van der Waals surface area contributed by atoms with Gasteiger partial charge < -0.3 is 19.2 Å². The molecule has 0 atom stereocenters. The van der Waals surface area contributed by atoms with Gasteiger partial charge in [-0.15, -0.1) is 0 Å². The van der Waals surface area contributed by atoms with E-state index in [2.05, 4.69) is 10.1 Å². The van der Waals surface area contributed by atoms with Crippen molar-refractivity contribution in [1.82, 2.24) is 10.2 Å². The predicted molar refractivity (Wildman–Crippen MR) is 126 cm³/mol. The van der Waals surface area contributed by atoms with Gasteiger partial charge in [0.25, 0.3) is 5.91 Å². The van der Waals surface area contributed by atoms with Gasteiger partial charge in [-0.2, -0.15) is 0 Å². The van der Waals surface area contributed by atoms with Crippen molar-refractivity contribution in [2.24, 2.45) is 0 Å². The summed E-state index contributed by atoms with van der Waals surface area (Å²) in [5, 5.41) is 14.5. The summed E-state index contributed by atoms with van der Waals surface area (Å²) < 4.78 is 15.5. The standard InChI is InChI=1S/C24H18ClN3O8/c1-34-23(30)21-9-7-16(36-21)12-27-22(29)18(26-24(27)31)10-14-6-8-20(19(11-14)28(32)33)35-13-15-4-2-3-5-17(15)25/h2-11H,12-13H2,1H3,(H,26,31)/b18-10-.